The number of carbonyl (C=O) groups is 2. The van der Waals surface area contributed by atoms with E-state index < -0.39 is 12.2 Å². The average Bonchev–Trinajstić information content (AvgIpc) is 3.35. The molecule has 0 spiro atoms. The van der Waals surface area contributed by atoms with Crippen LogP contribution >= 0.6 is 0 Å². The summed E-state index contributed by atoms with van der Waals surface area (Å²) in [4.78, 5) is 25.6. The molecule has 2 amide bonds. The molecule has 1 aromatic heterocycles. The van der Waals surface area contributed by atoms with Gasteiger partial charge in [0.25, 0.3) is 5.91 Å². The summed E-state index contributed by atoms with van der Waals surface area (Å²) in [5, 5.41) is 2.67. The topological polar surface area (TPSA) is 81.0 Å². The average molecular weight is 430 g/mol. The summed E-state index contributed by atoms with van der Waals surface area (Å²) < 4.78 is 30.5. The predicted molar refractivity (Wildman–Crippen MR) is 112 cm³/mol. The monoisotopic (exact) mass is 430 g/mol. The highest BCUT2D eigenvalue weighted by molar-refractivity contribution is 5.92. The first-order chi connectivity index (χ1) is 15.1. The fourth-order valence-corrected chi connectivity index (χ4v) is 4.07. The van der Waals surface area contributed by atoms with Crippen molar-refractivity contribution in [1.29, 1.82) is 0 Å². The molecule has 1 aromatic carbocycles. The SMILES string of the molecule is O=C(NC[C@H]1CN(c2ccc(CCC3CCCOCC3)c(F)c2)C(=O)O1)c1ccco1. The molecule has 2 fully saturated rings. The van der Waals surface area contributed by atoms with E-state index in [0.717, 1.165) is 38.9 Å². The summed E-state index contributed by atoms with van der Waals surface area (Å²) in [6.45, 7) is 1.98. The first kappa shape index (κ1) is 21.4. The van der Waals surface area contributed by atoms with Crippen LogP contribution in [0, 0.1) is 11.7 Å². The highest BCUT2D eigenvalue weighted by Gasteiger charge is 2.33. The maximum absolute atomic E-state index is 14.7. The van der Waals surface area contributed by atoms with Crippen LogP contribution in [-0.4, -0.2) is 44.4 Å². The Balaban J connectivity index is 1.31. The van der Waals surface area contributed by atoms with E-state index in [9.17, 15) is 14.0 Å². The fraction of sp³-hybridized carbons (Fsp3) is 0.478. The first-order valence-corrected chi connectivity index (χ1v) is 10.8. The van der Waals surface area contributed by atoms with Gasteiger partial charge in [-0.15, -0.1) is 0 Å². The van der Waals surface area contributed by atoms with E-state index in [1.807, 2.05) is 0 Å². The number of cyclic esters (lactones) is 1. The van der Waals surface area contributed by atoms with E-state index in [4.69, 9.17) is 13.9 Å². The molecule has 0 radical (unpaired) electrons. The Morgan fingerprint density at radius 1 is 1.23 bits per heavy atom. The zero-order chi connectivity index (χ0) is 21.6. The molecule has 1 N–H and O–H groups in total. The molecule has 0 saturated carbocycles. The maximum atomic E-state index is 14.7. The lowest BCUT2D eigenvalue weighted by molar-refractivity contribution is 0.0889. The van der Waals surface area contributed by atoms with Crippen molar-refractivity contribution in [2.24, 2.45) is 5.92 Å². The molecule has 0 bridgehead atoms. The van der Waals surface area contributed by atoms with Crippen molar-refractivity contribution in [3.05, 3.63) is 53.7 Å². The van der Waals surface area contributed by atoms with Crippen molar-refractivity contribution in [3.8, 4) is 0 Å². The molecular weight excluding hydrogens is 403 g/mol. The minimum Gasteiger partial charge on any atom is -0.459 e. The Morgan fingerprint density at radius 3 is 2.94 bits per heavy atom. The lowest BCUT2D eigenvalue weighted by atomic mass is 9.93. The minimum atomic E-state index is -0.553. The molecule has 8 heteroatoms. The van der Waals surface area contributed by atoms with Gasteiger partial charge in [0.2, 0.25) is 0 Å². The van der Waals surface area contributed by atoms with Gasteiger partial charge in [0.15, 0.2) is 5.76 Å². The number of halogens is 1. The number of benzene rings is 1. The van der Waals surface area contributed by atoms with Gasteiger partial charge in [-0.3, -0.25) is 9.69 Å². The molecule has 4 rings (SSSR count). The highest BCUT2D eigenvalue weighted by Crippen LogP contribution is 2.26. The number of hydrogen-bond acceptors (Lipinski definition) is 5. The van der Waals surface area contributed by atoms with Gasteiger partial charge in [-0.2, -0.15) is 0 Å². The van der Waals surface area contributed by atoms with Gasteiger partial charge in [-0.1, -0.05) is 6.07 Å². The highest BCUT2D eigenvalue weighted by atomic mass is 19.1. The molecule has 1 unspecified atom stereocenters. The van der Waals surface area contributed by atoms with Gasteiger partial charge < -0.3 is 19.2 Å². The number of anilines is 1. The molecule has 2 aliphatic heterocycles. The molecule has 31 heavy (non-hydrogen) atoms. The van der Waals surface area contributed by atoms with Crippen molar-refractivity contribution in [2.75, 3.05) is 31.2 Å². The molecule has 2 atom stereocenters. The van der Waals surface area contributed by atoms with Crippen molar-refractivity contribution in [1.82, 2.24) is 5.32 Å². The molecule has 3 heterocycles. The number of ether oxygens (including phenoxy) is 2. The van der Waals surface area contributed by atoms with Crippen LogP contribution in [0.1, 0.15) is 41.8 Å². The van der Waals surface area contributed by atoms with Gasteiger partial charge in [-0.05, 0) is 67.9 Å². The van der Waals surface area contributed by atoms with E-state index in [1.165, 1.54) is 17.2 Å². The lowest BCUT2D eigenvalue weighted by Gasteiger charge is -2.16. The summed E-state index contributed by atoms with van der Waals surface area (Å²) in [7, 11) is 0. The molecule has 166 valence electrons. The van der Waals surface area contributed by atoms with Gasteiger partial charge in [0.05, 0.1) is 25.0 Å². The van der Waals surface area contributed by atoms with E-state index >= 15 is 0 Å². The van der Waals surface area contributed by atoms with Crippen molar-refractivity contribution >= 4 is 17.7 Å². The molecule has 0 aliphatic carbocycles. The first-order valence-electron chi connectivity index (χ1n) is 10.8. The van der Waals surface area contributed by atoms with Crippen molar-refractivity contribution in [3.63, 3.8) is 0 Å². The smallest absolute Gasteiger partial charge is 0.414 e. The molecule has 2 aliphatic rings. The number of carbonyl (C=O) groups excluding carboxylic acids is 2. The van der Waals surface area contributed by atoms with E-state index in [0.29, 0.717) is 23.6 Å². The van der Waals surface area contributed by atoms with Crippen LogP contribution in [0.3, 0.4) is 0 Å². The number of nitrogens with zero attached hydrogens (tertiary/aromatic N) is 1. The van der Waals surface area contributed by atoms with Gasteiger partial charge >= 0.3 is 6.09 Å². The Bertz CT molecular complexity index is 893. The molecule has 7 nitrogen and oxygen atoms in total. The van der Waals surface area contributed by atoms with E-state index in [2.05, 4.69) is 5.32 Å². The quantitative estimate of drug-likeness (QED) is 0.720. The number of aryl methyl sites for hydroxylation is 1. The third-order valence-corrected chi connectivity index (χ3v) is 5.85. The number of furan rings is 1. The zero-order valence-corrected chi connectivity index (χ0v) is 17.3. The second-order valence-electron chi connectivity index (χ2n) is 8.03. The van der Waals surface area contributed by atoms with Gasteiger partial charge in [0.1, 0.15) is 11.9 Å². The Hall–Kier alpha value is -2.87. The third-order valence-electron chi connectivity index (χ3n) is 5.85. The van der Waals surface area contributed by atoms with Gasteiger partial charge in [-0.25, -0.2) is 9.18 Å². The summed E-state index contributed by atoms with van der Waals surface area (Å²) in [6.07, 6.45) is 5.15. The Kier molecular flexibility index (Phi) is 6.86. The van der Waals surface area contributed by atoms with Crippen LogP contribution in [0.5, 0.6) is 0 Å². The second kappa shape index (κ2) is 9.96. The summed E-state index contributed by atoms with van der Waals surface area (Å²) in [6, 6.07) is 8.05. The molecule has 2 aromatic rings. The molecular formula is C23H27FN2O5. The van der Waals surface area contributed by atoms with Gasteiger partial charge in [0, 0.05) is 13.2 Å². The normalized spacial score (nSPS) is 21.6. The number of rotatable bonds is 7. The van der Waals surface area contributed by atoms with Crippen LogP contribution in [0.25, 0.3) is 0 Å². The number of amides is 2. The Labute approximate surface area is 180 Å². The molecule has 2 saturated heterocycles. The standard InChI is InChI=1S/C23H27FN2O5/c24-20-13-18(8-7-17(20)6-5-16-3-1-10-29-12-9-16)26-15-19(31-23(26)28)14-25-22(27)21-4-2-11-30-21/h2,4,7-8,11,13,16,19H,1,3,5-6,9-10,12,14-15H2,(H,25,27)/t16?,19-/m0/s1. The number of hydrogen-bond donors (Lipinski definition) is 1. The van der Waals surface area contributed by atoms with Crippen molar-refractivity contribution < 1.29 is 27.9 Å². The second-order valence-corrected chi connectivity index (χ2v) is 8.03. The minimum absolute atomic E-state index is 0.146. The summed E-state index contributed by atoms with van der Waals surface area (Å²) >= 11 is 0. The summed E-state index contributed by atoms with van der Waals surface area (Å²) in [5.41, 5.74) is 1.11. The number of nitrogens with one attached hydrogen (secondary N) is 1. The van der Waals surface area contributed by atoms with Crippen LogP contribution in [-0.2, 0) is 15.9 Å². The van der Waals surface area contributed by atoms with E-state index in [-0.39, 0.29) is 30.6 Å². The van der Waals surface area contributed by atoms with E-state index in [1.54, 1.807) is 24.3 Å². The zero-order valence-electron chi connectivity index (χ0n) is 17.3. The summed E-state index contributed by atoms with van der Waals surface area (Å²) in [5.74, 6) is 0.0577. The largest absolute Gasteiger partial charge is 0.459 e. The lowest BCUT2D eigenvalue weighted by Crippen LogP contribution is -2.34. The fourth-order valence-electron chi connectivity index (χ4n) is 4.07. The van der Waals surface area contributed by atoms with Crippen molar-refractivity contribution in [2.45, 2.75) is 38.2 Å². The maximum Gasteiger partial charge on any atom is 0.414 e. The van der Waals surface area contributed by atoms with Crippen LogP contribution < -0.4 is 10.2 Å². The van der Waals surface area contributed by atoms with Crippen LogP contribution in [0.15, 0.2) is 41.0 Å². The predicted octanol–water partition coefficient (Wildman–Crippen LogP) is 3.92. The third kappa shape index (κ3) is 5.44. The van der Waals surface area contributed by atoms with Crippen LogP contribution in [0.4, 0.5) is 14.9 Å². The van der Waals surface area contributed by atoms with Crippen LogP contribution in [0.2, 0.25) is 0 Å². The Morgan fingerprint density at radius 2 is 2.13 bits per heavy atom.